The van der Waals surface area contributed by atoms with Gasteiger partial charge in [0.05, 0.1) is 24.8 Å². The summed E-state index contributed by atoms with van der Waals surface area (Å²) in [6.45, 7) is 10.3. The topological polar surface area (TPSA) is 48.0 Å². The minimum absolute atomic E-state index is 0.0411. The molecule has 5 heteroatoms. The minimum Gasteiger partial charge on any atom is -0.444 e. The molecule has 0 bridgehead atoms. The van der Waals surface area contributed by atoms with Gasteiger partial charge >= 0.3 is 6.09 Å². The van der Waals surface area contributed by atoms with Gasteiger partial charge in [0.25, 0.3) is 0 Å². The highest BCUT2D eigenvalue weighted by atomic mass is 16.6. The molecule has 0 N–H and O–H groups in total. The van der Waals surface area contributed by atoms with Gasteiger partial charge in [0.1, 0.15) is 5.60 Å². The summed E-state index contributed by atoms with van der Waals surface area (Å²) in [6.07, 6.45) is 1.49. The highest BCUT2D eigenvalue weighted by Gasteiger charge is 2.43. The second-order valence-electron chi connectivity index (χ2n) is 6.58. The fraction of sp³-hybridized carbons (Fsp3) is 0.929. The van der Waals surface area contributed by atoms with Crippen molar-refractivity contribution in [2.24, 2.45) is 0 Å². The maximum atomic E-state index is 12.2. The highest BCUT2D eigenvalue weighted by molar-refractivity contribution is 5.68. The molecule has 19 heavy (non-hydrogen) atoms. The van der Waals surface area contributed by atoms with E-state index in [-0.39, 0.29) is 17.8 Å². The summed E-state index contributed by atoms with van der Waals surface area (Å²) in [5.74, 6) is 0. The lowest BCUT2D eigenvalue weighted by Crippen LogP contribution is -2.59. The zero-order chi connectivity index (χ0) is 14.1. The molecule has 1 unspecified atom stereocenters. The summed E-state index contributed by atoms with van der Waals surface area (Å²) >= 11 is 0. The quantitative estimate of drug-likeness (QED) is 0.677. The van der Waals surface area contributed by atoms with Gasteiger partial charge in [-0.05, 0) is 27.7 Å². The molecule has 1 amide bonds. The Morgan fingerprint density at radius 2 is 1.95 bits per heavy atom. The minimum atomic E-state index is -0.457. The van der Waals surface area contributed by atoms with E-state index in [2.05, 4.69) is 0 Å². The molecule has 2 fully saturated rings. The Balaban J connectivity index is 2.03. The Labute approximate surface area is 115 Å². The number of morpholine rings is 1. The molecular weight excluding hydrogens is 246 g/mol. The van der Waals surface area contributed by atoms with Crippen molar-refractivity contribution in [3.63, 3.8) is 0 Å². The largest absolute Gasteiger partial charge is 0.444 e. The fourth-order valence-electron chi connectivity index (χ4n) is 2.71. The molecule has 1 spiro atoms. The van der Waals surface area contributed by atoms with Gasteiger partial charge in [0.2, 0.25) is 0 Å². The molecule has 0 aromatic heterocycles. The summed E-state index contributed by atoms with van der Waals surface area (Å²) in [4.78, 5) is 14.0. The maximum absolute atomic E-state index is 12.2. The third kappa shape index (κ3) is 3.83. The first-order valence-electron chi connectivity index (χ1n) is 7.03. The second kappa shape index (κ2) is 5.29. The lowest BCUT2D eigenvalue weighted by atomic mass is 9.91. The van der Waals surface area contributed by atoms with Gasteiger partial charge < -0.3 is 19.1 Å². The van der Waals surface area contributed by atoms with Crippen LogP contribution in [-0.2, 0) is 14.2 Å². The van der Waals surface area contributed by atoms with Crippen LogP contribution in [0, 0.1) is 0 Å². The average Bonchev–Trinajstić information content (AvgIpc) is 2.26. The highest BCUT2D eigenvalue weighted by Crippen LogP contribution is 2.32. The Morgan fingerprint density at radius 3 is 2.53 bits per heavy atom. The first-order valence-corrected chi connectivity index (χ1v) is 7.03. The van der Waals surface area contributed by atoms with Crippen molar-refractivity contribution >= 4 is 6.09 Å². The molecule has 2 heterocycles. The maximum Gasteiger partial charge on any atom is 0.410 e. The molecule has 110 valence electrons. The molecule has 2 rings (SSSR count). The van der Waals surface area contributed by atoms with Crippen LogP contribution in [0.4, 0.5) is 4.79 Å². The van der Waals surface area contributed by atoms with E-state index in [1.165, 1.54) is 0 Å². The van der Waals surface area contributed by atoms with E-state index in [1.54, 1.807) is 4.90 Å². The van der Waals surface area contributed by atoms with E-state index in [1.807, 2.05) is 27.7 Å². The van der Waals surface area contributed by atoms with Crippen molar-refractivity contribution in [3.05, 3.63) is 0 Å². The number of rotatable bonds is 0. The van der Waals surface area contributed by atoms with Gasteiger partial charge in [0, 0.05) is 26.1 Å². The number of hydrogen-bond acceptors (Lipinski definition) is 4. The number of ether oxygens (including phenoxy) is 3. The fourth-order valence-corrected chi connectivity index (χ4v) is 2.71. The van der Waals surface area contributed by atoms with Gasteiger partial charge in [-0.1, -0.05) is 0 Å². The zero-order valence-corrected chi connectivity index (χ0v) is 12.4. The van der Waals surface area contributed by atoms with Crippen LogP contribution in [0.15, 0.2) is 0 Å². The predicted molar refractivity (Wildman–Crippen MR) is 71.1 cm³/mol. The summed E-state index contributed by atoms with van der Waals surface area (Å²) in [5, 5.41) is 0. The Morgan fingerprint density at radius 1 is 1.32 bits per heavy atom. The van der Waals surface area contributed by atoms with Crippen molar-refractivity contribution in [1.82, 2.24) is 4.90 Å². The van der Waals surface area contributed by atoms with Crippen molar-refractivity contribution in [2.75, 3.05) is 26.3 Å². The Bertz CT molecular complexity index is 331. The molecule has 0 aromatic rings. The van der Waals surface area contributed by atoms with Crippen molar-refractivity contribution in [2.45, 2.75) is 57.8 Å². The van der Waals surface area contributed by atoms with Gasteiger partial charge in [-0.15, -0.1) is 0 Å². The average molecular weight is 271 g/mol. The van der Waals surface area contributed by atoms with E-state index in [9.17, 15) is 4.79 Å². The number of hydrogen-bond donors (Lipinski definition) is 0. The van der Waals surface area contributed by atoms with E-state index in [4.69, 9.17) is 14.2 Å². The molecule has 2 saturated heterocycles. The molecule has 2 aliphatic rings. The normalized spacial score (nSPS) is 27.4. The molecule has 2 aliphatic heterocycles. The van der Waals surface area contributed by atoms with Crippen LogP contribution in [0.25, 0.3) is 0 Å². The standard InChI is InChI=1S/C14H25NO4/c1-11-9-15(12(16)19-13(2,3)4)10-14(18-11)5-7-17-8-6-14/h11H,5-10H2,1-4H3. The number of carbonyl (C=O) groups excluding carboxylic acids is 1. The molecule has 5 nitrogen and oxygen atoms in total. The Hall–Kier alpha value is -0.810. The second-order valence-corrected chi connectivity index (χ2v) is 6.58. The summed E-state index contributed by atoms with van der Waals surface area (Å²) in [7, 11) is 0. The zero-order valence-electron chi connectivity index (χ0n) is 12.4. The van der Waals surface area contributed by atoms with Crippen LogP contribution in [0.5, 0.6) is 0 Å². The predicted octanol–water partition coefficient (Wildman–Crippen LogP) is 2.19. The molecule has 0 aromatic carbocycles. The molecule has 1 atom stereocenters. The monoisotopic (exact) mass is 271 g/mol. The smallest absolute Gasteiger partial charge is 0.410 e. The first-order chi connectivity index (χ1) is 8.80. The van der Waals surface area contributed by atoms with E-state index < -0.39 is 5.60 Å². The van der Waals surface area contributed by atoms with Gasteiger partial charge in [-0.3, -0.25) is 0 Å². The molecule has 0 aliphatic carbocycles. The summed E-state index contributed by atoms with van der Waals surface area (Å²) in [5.41, 5.74) is -0.700. The first kappa shape index (κ1) is 14.6. The number of amides is 1. The van der Waals surface area contributed by atoms with Gasteiger partial charge in [-0.2, -0.15) is 0 Å². The van der Waals surface area contributed by atoms with Crippen molar-refractivity contribution < 1.29 is 19.0 Å². The molecular formula is C14H25NO4. The number of carbonyl (C=O) groups is 1. The van der Waals surface area contributed by atoms with Crippen LogP contribution in [0.2, 0.25) is 0 Å². The van der Waals surface area contributed by atoms with Crippen LogP contribution in [-0.4, -0.2) is 54.6 Å². The lowest BCUT2D eigenvalue weighted by molar-refractivity contribution is -0.180. The lowest BCUT2D eigenvalue weighted by Gasteiger charge is -2.47. The molecule has 0 radical (unpaired) electrons. The van der Waals surface area contributed by atoms with Gasteiger partial charge in [0.15, 0.2) is 0 Å². The SMILES string of the molecule is CC1CN(C(=O)OC(C)(C)C)CC2(CCOCC2)O1. The van der Waals surface area contributed by atoms with Crippen LogP contribution in [0.3, 0.4) is 0 Å². The van der Waals surface area contributed by atoms with E-state index >= 15 is 0 Å². The van der Waals surface area contributed by atoms with Crippen LogP contribution < -0.4 is 0 Å². The van der Waals surface area contributed by atoms with Gasteiger partial charge in [-0.25, -0.2) is 4.79 Å². The van der Waals surface area contributed by atoms with E-state index in [0.29, 0.717) is 26.3 Å². The molecule has 0 saturated carbocycles. The number of nitrogens with zero attached hydrogens (tertiary/aromatic N) is 1. The summed E-state index contributed by atoms with van der Waals surface area (Å²) in [6, 6.07) is 0. The Kier molecular flexibility index (Phi) is 4.06. The van der Waals surface area contributed by atoms with Crippen LogP contribution in [0.1, 0.15) is 40.5 Å². The summed E-state index contributed by atoms with van der Waals surface area (Å²) < 4.78 is 16.9. The van der Waals surface area contributed by atoms with Crippen molar-refractivity contribution in [3.8, 4) is 0 Å². The third-order valence-electron chi connectivity index (χ3n) is 3.46. The van der Waals surface area contributed by atoms with Crippen molar-refractivity contribution in [1.29, 1.82) is 0 Å². The van der Waals surface area contributed by atoms with Crippen LogP contribution >= 0.6 is 0 Å². The van der Waals surface area contributed by atoms with E-state index in [0.717, 1.165) is 12.8 Å². The third-order valence-corrected chi connectivity index (χ3v) is 3.46.